The van der Waals surface area contributed by atoms with Crippen molar-refractivity contribution in [2.75, 3.05) is 18.1 Å². The van der Waals surface area contributed by atoms with Gasteiger partial charge < -0.3 is 15.7 Å². The average molecular weight is 411 g/mol. The van der Waals surface area contributed by atoms with Crippen LogP contribution in [-0.2, 0) is 17.8 Å². The molecule has 0 unspecified atom stereocenters. The second-order valence-corrected chi connectivity index (χ2v) is 8.53. The number of aromatic amines is 1. The first-order valence-electron chi connectivity index (χ1n) is 8.94. The summed E-state index contributed by atoms with van der Waals surface area (Å²) in [6.07, 6.45) is 0.843. The van der Waals surface area contributed by atoms with Crippen LogP contribution in [0.5, 0.6) is 0 Å². The Hall–Kier alpha value is -2.78. The van der Waals surface area contributed by atoms with Crippen molar-refractivity contribution < 1.29 is 4.79 Å². The molecule has 0 fully saturated rings. The van der Waals surface area contributed by atoms with Crippen molar-refractivity contribution in [3.05, 3.63) is 53.0 Å². The standard InChI is InChI=1S/C19H18N6OS2/c20-25-18(16-6-3-9-27-16)22-23-19(25)28-11-17(26)24-8-7-15-13(10-24)12-4-1-2-5-14(12)21-15/h1-6,9,21H,7-8,10-11,20H2. The van der Waals surface area contributed by atoms with Crippen molar-refractivity contribution in [1.82, 2.24) is 24.8 Å². The van der Waals surface area contributed by atoms with Gasteiger partial charge in [-0.25, -0.2) is 4.68 Å². The SMILES string of the molecule is Nn1c(SCC(=O)N2CCc3[nH]c4ccccc4c3C2)nnc1-c1cccs1. The lowest BCUT2D eigenvalue weighted by Crippen LogP contribution is -2.37. The van der Waals surface area contributed by atoms with Gasteiger partial charge in [-0.2, -0.15) is 0 Å². The van der Waals surface area contributed by atoms with Gasteiger partial charge in [0.2, 0.25) is 11.1 Å². The third kappa shape index (κ3) is 2.96. The highest BCUT2D eigenvalue weighted by Gasteiger charge is 2.24. The van der Waals surface area contributed by atoms with Crippen LogP contribution in [0.15, 0.2) is 46.9 Å². The zero-order valence-corrected chi connectivity index (χ0v) is 16.6. The molecule has 3 N–H and O–H groups in total. The third-order valence-electron chi connectivity index (χ3n) is 4.97. The molecule has 5 rings (SSSR count). The van der Waals surface area contributed by atoms with Gasteiger partial charge in [-0.1, -0.05) is 36.0 Å². The zero-order chi connectivity index (χ0) is 19.1. The van der Waals surface area contributed by atoms with Crippen molar-refractivity contribution in [3.8, 4) is 10.7 Å². The van der Waals surface area contributed by atoms with Crippen molar-refractivity contribution >= 4 is 39.9 Å². The van der Waals surface area contributed by atoms with E-state index in [1.165, 1.54) is 33.1 Å². The number of hydrogen-bond acceptors (Lipinski definition) is 6. The smallest absolute Gasteiger partial charge is 0.233 e. The van der Waals surface area contributed by atoms with E-state index in [1.54, 1.807) is 11.3 Å². The van der Waals surface area contributed by atoms with Gasteiger partial charge in [0.25, 0.3) is 0 Å². The highest BCUT2D eigenvalue weighted by molar-refractivity contribution is 7.99. The van der Waals surface area contributed by atoms with E-state index >= 15 is 0 Å². The maximum Gasteiger partial charge on any atom is 0.233 e. The van der Waals surface area contributed by atoms with Crippen LogP contribution in [0.25, 0.3) is 21.6 Å². The first-order valence-corrected chi connectivity index (χ1v) is 10.8. The number of hydrogen-bond donors (Lipinski definition) is 2. The number of carbonyl (C=O) groups is 1. The van der Waals surface area contributed by atoms with E-state index in [0.29, 0.717) is 17.5 Å². The number of aromatic nitrogens is 4. The van der Waals surface area contributed by atoms with E-state index in [-0.39, 0.29) is 11.7 Å². The van der Waals surface area contributed by atoms with Gasteiger partial charge in [0.1, 0.15) is 0 Å². The normalized spacial score (nSPS) is 13.8. The molecule has 1 aromatic carbocycles. The molecule has 0 saturated carbocycles. The van der Waals surface area contributed by atoms with Gasteiger partial charge in [0.05, 0.1) is 10.6 Å². The molecule has 4 aromatic rings. The van der Waals surface area contributed by atoms with Gasteiger partial charge in [0, 0.05) is 41.7 Å². The highest BCUT2D eigenvalue weighted by atomic mass is 32.2. The Bertz CT molecular complexity index is 1150. The molecule has 0 radical (unpaired) electrons. The van der Waals surface area contributed by atoms with E-state index < -0.39 is 0 Å². The molecule has 0 spiro atoms. The average Bonchev–Trinajstić information content (AvgIpc) is 3.44. The number of H-pyrrole nitrogens is 1. The molecule has 0 bridgehead atoms. The van der Waals surface area contributed by atoms with E-state index in [1.807, 2.05) is 34.5 Å². The summed E-state index contributed by atoms with van der Waals surface area (Å²) in [7, 11) is 0. The summed E-state index contributed by atoms with van der Waals surface area (Å²) in [5.74, 6) is 7.11. The van der Waals surface area contributed by atoms with E-state index in [2.05, 4.69) is 27.3 Å². The maximum atomic E-state index is 12.8. The topological polar surface area (TPSA) is 92.8 Å². The Morgan fingerprint density at radius 3 is 3.00 bits per heavy atom. The molecule has 28 heavy (non-hydrogen) atoms. The fourth-order valence-electron chi connectivity index (χ4n) is 3.55. The monoisotopic (exact) mass is 410 g/mol. The molecule has 3 aromatic heterocycles. The van der Waals surface area contributed by atoms with Crippen LogP contribution in [0.1, 0.15) is 11.3 Å². The Morgan fingerprint density at radius 2 is 2.14 bits per heavy atom. The van der Waals surface area contributed by atoms with Crippen LogP contribution in [-0.4, -0.2) is 43.0 Å². The second kappa shape index (κ2) is 6.99. The number of para-hydroxylation sites is 1. The van der Waals surface area contributed by atoms with Gasteiger partial charge in [0.15, 0.2) is 5.82 Å². The number of amides is 1. The number of rotatable bonds is 4. The van der Waals surface area contributed by atoms with Gasteiger partial charge in [-0.3, -0.25) is 4.79 Å². The quantitative estimate of drug-likeness (QED) is 0.399. The van der Waals surface area contributed by atoms with Crippen LogP contribution in [0.2, 0.25) is 0 Å². The number of thiophene rings is 1. The molecule has 0 aliphatic carbocycles. The molecular weight excluding hydrogens is 392 g/mol. The summed E-state index contributed by atoms with van der Waals surface area (Å²) in [6.45, 7) is 1.35. The number of nitrogens with two attached hydrogens (primary N) is 1. The van der Waals surface area contributed by atoms with E-state index in [4.69, 9.17) is 5.84 Å². The Balaban J connectivity index is 1.28. The second-order valence-electron chi connectivity index (χ2n) is 6.64. The maximum absolute atomic E-state index is 12.8. The van der Waals surface area contributed by atoms with Crippen LogP contribution in [0.3, 0.4) is 0 Å². The van der Waals surface area contributed by atoms with Crippen LogP contribution >= 0.6 is 23.1 Å². The minimum Gasteiger partial charge on any atom is -0.358 e. The number of nitrogen functional groups attached to an aromatic ring is 1. The van der Waals surface area contributed by atoms with Crippen molar-refractivity contribution in [2.45, 2.75) is 18.1 Å². The fraction of sp³-hybridized carbons (Fsp3) is 0.211. The molecule has 142 valence electrons. The molecule has 9 heteroatoms. The molecule has 0 atom stereocenters. The zero-order valence-electron chi connectivity index (χ0n) is 15.0. The third-order valence-corrected chi connectivity index (χ3v) is 6.76. The lowest BCUT2D eigenvalue weighted by atomic mass is 10.0. The molecule has 1 aliphatic heterocycles. The van der Waals surface area contributed by atoms with Gasteiger partial charge in [-0.15, -0.1) is 21.5 Å². The lowest BCUT2D eigenvalue weighted by molar-refractivity contribution is -0.129. The molecule has 0 saturated heterocycles. The Labute approximate surface area is 169 Å². The number of nitrogens with one attached hydrogen (secondary N) is 1. The molecule has 1 aliphatic rings. The lowest BCUT2D eigenvalue weighted by Gasteiger charge is -2.27. The first-order chi connectivity index (χ1) is 13.7. The predicted octanol–water partition coefficient (Wildman–Crippen LogP) is 2.88. The number of carbonyl (C=O) groups excluding carboxylic acids is 1. The van der Waals surface area contributed by atoms with Crippen molar-refractivity contribution in [1.29, 1.82) is 0 Å². The number of fused-ring (bicyclic) bond motifs is 3. The highest BCUT2D eigenvalue weighted by Crippen LogP contribution is 2.29. The molecule has 1 amide bonds. The largest absolute Gasteiger partial charge is 0.358 e. The minimum absolute atomic E-state index is 0.0848. The summed E-state index contributed by atoms with van der Waals surface area (Å²) >= 11 is 2.88. The summed E-state index contributed by atoms with van der Waals surface area (Å²) < 4.78 is 1.46. The van der Waals surface area contributed by atoms with Crippen molar-refractivity contribution in [2.24, 2.45) is 0 Å². The Morgan fingerprint density at radius 1 is 1.25 bits per heavy atom. The van der Waals surface area contributed by atoms with E-state index in [9.17, 15) is 4.79 Å². The van der Waals surface area contributed by atoms with Crippen molar-refractivity contribution in [3.63, 3.8) is 0 Å². The van der Waals surface area contributed by atoms with E-state index in [0.717, 1.165) is 23.4 Å². The minimum atomic E-state index is 0.0848. The summed E-state index contributed by atoms with van der Waals surface area (Å²) in [5.41, 5.74) is 3.59. The first kappa shape index (κ1) is 17.3. The number of thioether (sulfide) groups is 1. The number of nitrogens with zero attached hydrogens (tertiary/aromatic N) is 4. The summed E-state index contributed by atoms with van der Waals surface area (Å²) in [4.78, 5) is 19.1. The summed E-state index contributed by atoms with van der Waals surface area (Å²) in [5, 5.41) is 12.0. The van der Waals surface area contributed by atoms with Gasteiger partial charge in [-0.05, 0) is 17.5 Å². The molecule has 7 nitrogen and oxygen atoms in total. The van der Waals surface area contributed by atoms with Crippen LogP contribution in [0, 0.1) is 0 Å². The fourth-order valence-corrected chi connectivity index (χ4v) is 5.01. The van der Waals surface area contributed by atoms with Crippen LogP contribution < -0.4 is 5.84 Å². The predicted molar refractivity (Wildman–Crippen MR) is 112 cm³/mol. The number of benzene rings is 1. The summed E-state index contributed by atoms with van der Waals surface area (Å²) in [6, 6.07) is 12.1. The van der Waals surface area contributed by atoms with Gasteiger partial charge >= 0.3 is 0 Å². The van der Waals surface area contributed by atoms with Crippen LogP contribution in [0.4, 0.5) is 0 Å². The Kier molecular flexibility index (Phi) is 4.33. The molecule has 4 heterocycles. The molecular formula is C19H18N6OS2.